The van der Waals surface area contributed by atoms with Crippen LogP contribution in [-0.2, 0) is 11.3 Å². The number of fused-ring (bicyclic) bond motifs is 1. The number of morpholine rings is 1. The molecule has 0 bridgehead atoms. The van der Waals surface area contributed by atoms with E-state index in [1.807, 2.05) is 24.3 Å². The molecule has 1 aliphatic rings. The Labute approximate surface area is 179 Å². The number of hydrogen-bond donors (Lipinski definition) is 0. The van der Waals surface area contributed by atoms with Crippen LogP contribution >= 0.6 is 11.8 Å². The molecular weight excluding hydrogens is 401 g/mol. The van der Waals surface area contributed by atoms with Crippen molar-refractivity contribution in [2.45, 2.75) is 30.3 Å². The summed E-state index contributed by atoms with van der Waals surface area (Å²) in [5.41, 5.74) is 1.71. The number of para-hydroxylation sites is 1. The van der Waals surface area contributed by atoms with Gasteiger partial charge < -0.3 is 4.74 Å². The highest BCUT2D eigenvalue weighted by Crippen LogP contribution is 2.34. The summed E-state index contributed by atoms with van der Waals surface area (Å²) in [6.45, 7) is 7.02. The minimum atomic E-state index is -0.250. The quantitative estimate of drug-likeness (QED) is 0.419. The average molecular weight is 428 g/mol. The van der Waals surface area contributed by atoms with Crippen LogP contribution in [0.2, 0.25) is 0 Å². The highest BCUT2D eigenvalue weighted by atomic mass is 32.2. The van der Waals surface area contributed by atoms with E-state index in [2.05, 4.69) is 11.8 Å². The molecule has 2 aromatic carbocycles. The van der Waals surface area contributed by atoms with E-state index in [0.29, 0.717) is 22.6 Å². The van der Waals surface area contributed by atoms with Crippen molar-refractivity contribution < 1.29 is 9.13 Å². The third-order valence-electron chi connectivity index (χ3n) is 5.41. The normalized spacial score (nSPS) is 16.1. The van der Waals surface area contributed by atoms with Gasteiger partial charge in [-0.05, 0) is 43.2 Å². The van der Waals surface area contributed by atoms with Gasteiger partial charge in [0.2, 0.25) is 0 Å². The van der Waals surface area contributed by atoms with Crippen LogP contribution in [0.25, 0.3) is 10.9 Å². The van der Waals surface area contributed by atoms with E-state index in [1.54, 1.807) is 16.7 Å². The number of ether oxygens (including phenoxy) is 1. The maximum Gasteiger partial charge on any atom is 0.262 e. The van der Waals surface area contributed by atoms with Crippen molar-refractivity contribution in [3.05, 3.63) is 70.3 Å². The summed E-state index contributed by atoms with van der Waals surface area (Å²) in [6, 6.07) is 14.0. The monoisotopic (exact) mass is 427 g/mol. The van der Waals surface area contributed by atoms with Crippen molar-refractivity contribution in [2.75, 3.05) is 32.8 Å². The lowest BCUT2D eigenvalue weighted by Gasteiger charge is -2.26. The Bertz CT molecular complexity index is 1050. The van der Waals surface area contributed by atoms with Crippen LogP contribution in [0.3, 0.4) is 0 Å². The zero-order valence-electron chi connectivity index (χ0n) is 17.1. The summed E-state index contributed by atoms with van der Waals surface area (Å²) in [5, 5.41) is 1.39. The van der Waals surface area contributed by atoms with Gasteiger partial charge >= 0.3 is 0 Å². The number of nitrogens with zero attached hydrogens (tertiary/aromatic N) is 3. The molecule has 1 aromatic heterocycles. The van der Waals surface area contributed by atoms with E-state index < -0.39 is 0 Å². The van der Waals surface area contributed by atoms with Crippen molar-refractivity contribution in [1.82, 2.24) is 14.5 Å². The molecule has 3 aromatic rings. The van der Waals surface area contributed by atoms with Crippen LogP contribution in [0.4, 0.5) is 4.39 Å². The minimum Gasteiger partial charge on any atom is -0.379 e. The van der Waals surface area contributed by atoms with E-state index in [-0.39, 0.29) is 16.6 Å². The summed E-state index contributed by atoms with van der Waals surface area (Å²) in [4.78, 5) is 20.4. The number of aromatic nitrogens is 2. The lowest BCUT2D eigenvalue weighted by Crippen LogP contribution is -2.37. The molecule has 1 aliphatic heterocycles. The Kier molecular flexibility index (Phi) is 6.82. The largest absolute Gasteiger partial charge is 0.379 e. The summed E-state index contributed by atoms with van der Waals surface area (Å²) < 4.78 is 20.5. The number of thioether (sulfide) groups is 1. The molecule has 30 heavy (non-hydrogen) atoms. The maximum atomic E-state index is 13.3. The second kappa shape index (κ2) is 9.73. The molecule has 0 saturated carbocycles. The number of halogens is 1. The predicted octanol–water partition coefficient (Wildman–Crippen LogP) is 4.11. The van der Waals surface area contributed by atoms with Crippen LogP contribution in [0.15, 0.2) is 58.5 Å². The summed E-state index contributed by atoms with van der Waals surface area (Å²) in [7, 11) is 0. The molecule has 7 heteroatoms. The number of benzene rings is 2. The predicted molar refractivity (Wildman–Crippen MR) is 119 cm³/mol. The lowest BCUT2D eigenvalue weighted by molar-refractivity contribution is 0.0368. The third kappa shape index (κ3) is 4.91. The second-order valence-corrected chi connectivity index (χ2v) is 8.80. The molecule has 0 spiro atoms. The molecule has 2 heterocycles. The van der Waals surface area contributed by atoms with Gasteiger partial charge in [-0.3, -0.25) is 14.3 Å². The topological polar surface area (TPSA) is 47.4 Å². The molecule has 158 valence electrons. The first-order valence-corrected chi connectivity index (χ1v) is 11.2. The van der Waals surface area contributed by atoms with E-state index in [9.17, 15) is 9.18 Å². The zero-order valence-corrected chi connectivity index (χ0v) is 17.9. The number of rotatable bonds is 7. The molecule has 1 unspecified atom stereocenters. The van der Waals surface area contributed by atoms with Gasteiger partial charge in [0.05, 0.1) is 24.1 Å². The van der Waals surface area contributed by atoms with Crippen LogP contribution in [0, 0.1) is 5.82 Å². The van der Waals surface area contributed by atoms with Crippen molar-refractivity contribution in [2.24, 2.45) is 0 Å². The van der Waals surface area contributed by atoms with Gasteiger partial charge in [0.25, 0.3) is 5.56 Å². The van der Waals surface area contributed by atoms with Gasteiger partial charge in [-0.25, -0.2) is 9.37 Å². The van der Waals surface area contributed by atoms with Crippen molar-refractivity contribution in [1.29, 1.82) is 0 Å². The van der Waals surface area contributed by atoms with Crippen LogP contribution in [-0.4, -0.2) is 47.3 Å². The van der Waals surface area contributed by atoms with Crippen LogP contribution < -0.4 is 5.56 Å². The Morgan fingerprint density at radius 3 is 2.60 bits per heavy atom. The van der Waals surface area contributed by atoms with Gasteiger partial charge in [-0.15, -0.1) is 0 Å². The van der Waals surface area contributed by atoms with Gasteiger partial charge in [0.1, 0.15) is 5.82 Å². The molecular formula is C23H26FN3O2S. The second-order valence-electron chi connectivity index (χ2n) is 7.49. The third-order valence-corrected chi connectivity index (χ3v) is 6.56. The van der Waals surface area contributed by atoms with Crippen LogP contribution in [0.5, 0.6) is 0 Å². The van der Waals surface area contributed by atoms with Crippen molar-refractivity contribution in [3.63, 3.8) is 0 Å². The molecule has 1 saturated heterocycles. The SMILES string of the molecule is CC(Sc1nc2ccccc2c(=O)n1CCCN1CCOCC1)c1ccc(F)cc1. The van der Waals surface area contributed by atoms with E-state index in [0.717, 1.165) is 44.8 Å². The van der Waals surface area contributed by atoms with Crippen molar-refractivity contribution in [3.8, 4) is 0 Å². The van der Waals surface area contributed by atoms with Gasteiger partial charge in [-0.2, -0.15) is 0 Å². The smallest absolute Gasteiger partial charge is 0.262 e. The fourth-order valence-electron chi connectivity index (χ4n) is 3.67. The standard InChI is InChI=1S/C23H26FN3O2S/c1-17(18-7-9-19(24)10-8-18)30-23-25-21-6-3-2-5-20(21)22(28)27(23)12-4-11-26-13-15-29-16-14-26/h2-3,5-10,17H,4,11-16H2,1H3. The summed E-state index contributed by atoms with van der Waals surface area (Å²) in [6.07, 6.45) is 0.873. The molecule has 0 aliphatic carbocycles. The van der Waals surface area contributed by atoms with Gasteiger partial charge in [0.15, 0.2) is 5.16 Å². The van der Waals surface area contributed by atoms with E-state index in [4.69, 9.17) is 9.72 Å². The molecule has 5 nitrogen and oxygen atoms in total. The lowest BCUT2D eigenvalue weighted by atomic mass is 10.2. The highest BCUT2D eigenvalue weighted by molar-refractivity contribution is 7.99. The Morgan fingerprint density at radius 2 is 1.83 bits per heavy atom. The fourth-order valence-corrected chi connectivity index (χ4v) is 4.73. The average Bonchev–Trinajstić information content (AvgIpc) is 2.77. The van der Waals surface area contributed by atoms with E-state index >= 15 is 0 Å². The first-order valence-electron chi connectivity index (χ1n) is 10.3. The van der Waals surface area contributed by atoms with Gasteiger partial charge in [0, 0.05) is 31.4 Å². The molecule has 1 atom stereocenters. The summed E-state index contributed by atoms with van der Waals surface area (Å²) >= 11 is 1.54. The Balaban J connectivity index is 1.58. The highest BCUT2D eigenvalue weighted by Gasteiger charge is 2.17. The van der Waals surface area contributed by atoms with E-state index in [1.165, 1.54) is 23.9 Å². The first-order chi connectivity index (χ1) is 14.6. The molecule has 1 fully saturated rings. The fraction of sp³-hybridized carbons (Fsp3) is 0.391. The van der Waals surface area contributed by atoms with Crippen molar-refractivity contribution >= 4 is 22.7 Å². The minimum absolute atomic E-state index is 0.00335. The van der Waals surface area contributed by atoms with Gasteiger partial charge in [-0.1, -0.05) is 36.0 Å². The van der Waals surface area contributed by atoms with Crippen LogP contribution in [0.1, 0.15) is 24.2 Å². The summed E-state index contributed by atoms with van der Waals surface area (Å²) in [5.74, 6) is -0.250. The Morgan fingerprint density at radius 1 is 1.10 bits per heavy atom. The maximum absolute atomic E-state index is 13.3. The molecule has 0 N–H and O–H groups in total. The number of hydrogen-bond acceptors (Lipinski definition) is 5. The molecule has 0 amide bonds. The first kappa shape index (κ1) is 21.0. The molecule has 0 radical (unpaired) electrons. The molecule has 4 rings (SSSR count). The zero-order chi connectivity index (χ0) is 20.9. The Hall–Kier alpha value is -2.22.